The van der Waals surface area contributed by atoms with Gasteiger partial charge in [-0.15, -0.1) is 16.9 Å². The van der Waals surface area contributed by atoms with Gasteiger partial charge in [-0.05, 0) is 24.6 Å². The van der Waals surface area contributed by atoms with E-state index >= 15 is 0 Å². The summed E-state index contributed by atoms with van der Waals surface area (Å²) < 4.78 is 0. The van der Waals surface area contributed by atoms with Crippen LogP contribution in [0.15, 0.2) is 69.7 Å². The fourth-order valence-electron chi connectivity index (χ4n) is 2.07. The minimum Gasteiger partial charge on any atom is -0.303 e. The number of benzene rings is 2. The number of aryl methyl sites for hydroxylation is 1. The predicted octanol–water partition coefficient (Wildman–Crippen LogP) is 3.71. The molecule has 6 heteroatoms. The maximum atomic E-state index is 12.0. The van der Waals surface area contributed by atoms with Crippen LogP contribution in [-0.4, -0.2) is 28.3 Å². The summed E-state index contributed by atoms with van der Waals surface area (Å²) in [5.41, 5.74) is 3.22. The number of hydrogen-bond donors (Lipinski definition) is 1. The number of amides is 1. The summed E-state index contributed by atoms with van der Waals surface area (Å²) in [6, 6.07) is 18.1. The van der Waals surface area contributed by atoms with Crippen molar-refractivity contribution in [1.82, 2.24) is 5.32 Å². The zero-order valence-electron chi connectivity index (χ0n) is 13.2. The lowest BCUT2D eigenvalue weighted by atomic mass is 10.1. The molecule has 0 saturated heterocycles. The zero-order valence-corrected chi connectivity index (χ0v) is 14.9. The van der Waals surface area contributed by atoms with Crippen molar-refractivity contribution < 1.29 is 4.79 Å². The van der Waals surface area contributed by atoms with Crippen LogP contribution in [-0.2, 0) is 4.79 Å². The van der Waals surface area contributed by atoms with Gasteiger partial charge in [0.2, 0.25) is 5.91 Å². The molecule has 0 saturated carbocycles. The van der Waals surface area contributed by atoms with Crippen LogP contribution in [0.5, 0.6) is 0 Å². The molecule has 122 valence electrons. The summed E-state index contributed by atoms with van der Waals surface area (Å²) in [5, 5.41) is 11.8. The monoisotopic (exact) mass is 355 g/mol. The van der Waals surface area contributed by atoms with Gasteiger partial charge in [-0.3, -0.25) is 4.79 Å². The molecule has 0 aliphatic carbocycles. The summed E-state index contributed by atoms with van der Waals surface area (Å²) in [4.78, 5) is 13.1. The highest BCUT2D eigenvalue weighted by molar-refractivity contribution is 8.14. The molecular weight excluding hydrogens is 338 g/mol. The van der Waals surface area contributed by atoms with Gasteiger partial charge in [0, 0.05) is 10.6 Å². The molecule has 1 aliphatic rings. The van der Waals surface area contributed by atoms with E-state index in [0.717, 1.165) is 16.2 Å². The first kappa shape index (κ1) is 16.8. The fourth-order valence-corrected chi connectivity index (χ4v) is 3.57. The highest BCUT2D eigenvalue weighted by Crippen LogP contribution is 2.18. The van der Waals surface area contributed by atoms with Gasteiger partial charge < -0.3 is 5.32 Å². The molecule has 0 unspecified atom stereocenters. The molecule has 1 aliphatic heterocycles. The third-order valence-corrected chi connectivity index (χ3v) is 5.24. The molecule has 0 aromatic heterocycles. The maximum Gasteiger partial charge on any atom is 0.236 e. The van der Waals surface area contributed by atoms with Crippen LogP contribution < -0.4 is 5.32 Å². The van der Waals surface area contributed by atoms with E-state index in [1.165, 1.54) is 29.1 Å². The molecule has 2 aromatic rings. The Balaban J connectivity index is 1.54. The summed E-state index contributed by atoms with van der Waals surface area (Å²) in [6.07, 6.45) is 0. The first-order valence-electron chi connectivity index (χ1n) is 7.53. The van der Waals surface area contributed by atoms with E-state index in [1.54, 1.807) is 0 Å². The van der Waals surface area contributed by atoms with Crippen molar-refractivity contribution in [3.63, 3.8) is 0 Å². The second kappa shape index (κ2) is 8.17. The molecule has 0 bridgehead atoms. The van der Waals surface area contributed by atoms with Crippen LogP contribution in [0.2, 0.25) is 0 Å². The van der Waals surface area contributed by atoms with Crippen molar-refractivity contribution in [3.05, 3.63) is 65.7 Å². The molecule has 0 radical (unpaired) electrons. The summed E-state index contributed by atoms with van der Waals surface area (Å²) in [7, 11) is 0. The van der Waals surface area contributed by atoms with E-state index in [9.17, 15) is 4.79 Å². The molecule has 1 heterocycles. The third-order valence-electron chi connectivity index (χ3n) is 3.35. The molecule has 0 fully saturated rings. The van der Waals surface area contributed by atoms with Crippen LogP contribution >= 0.6 is 23.5 Å². The Morgan fingerprint density at radius 1 is 1.12 bits per heavy atom. The second-order valence-electron chi connectivity index (χ2n) is 5.26. The standard InChI is InChI=1S/C18H17N3OS2/c1-13-7-9-14(10-8-13)16-11-24-18(21-20-16)19-17(22)12-23-15-5-3-2-4-6-15/h2-10H,11-12H2,1H3,(H,19,21,22). The molecule has 1 amide bonds. The Labute approximate surface area is 149 Å². The van der Waals surface area contributed by atoms with Crippen LogP contribution in [0.3, 0.4) is 0 Å². The Hall–Kier alpha value is -2.05. The first-order valence-corrected chi connectivity index (χ1v) is 9.50. The van der Waals surface area contributed by atoms with Gasteiger partial charge in [-0.25, -0.2) is 0 Å². The lowest BCUT2D eigenvalue weighted by molar-refractivity contribution is -0.117. The number of carbonyl (C=O) groups excluding carboxylic acids is 1. The number of nitrogens with one attached hydrogen (secondary N) is 1. The Morgan fingerprint density at radius 2 is 1.88 bits per heavy atom. The summed E-state index contributed by atoms with van der Waals surface area (Å²) in [5.74, 6) is 0.996. The van der Waals surface area contributed by atoms with Gasteiger partial charge in [0.1, 0.15) is 0 Å². The smallest absolute Gasteiger partial charge is 0.236 e. The van der Waals surface area contributed by atoms with E-state index in [4.69, 9.17) is 0 Å². The van der Waals surface area contributed by atoms with E-state index < -0.39 is 0 Å². The highest BCUT2D eigenvalue weighted by Gasteiger charge is 2.14. The SMILES string of the molecule is Cc1ccc(C2=NN=C(NC(=O)CSc3ccccc3)SC2)cc1. The predicted molar refractivity (Wildman–Crippen MR) is 103 cm³/mol. The van der Waals surface area contributed by atoms with Crippen molar-refractivity contribution in [2.45, 2.75) is 11.8 Å². The molecule has 0 spiro atoms. The highest BCUT2D eigenvalue weighted by atomic mass is 32.2. The van der Waals surface area contributed by atoms with Gasteiger partial charge >= 0.3 is 0 Å². The molecule has 24 heavy (non-hydrogen) atoms. The molecule has 1 N–H and O–H groups in total. The number of rotatable bonds is 4. The van der Waals surface area contributed by atoms with Gasteiger partial charge in [0.05, 0.1) is 11.5 Å². The van der Waals surface area contributed by atoms with Gasteiger partial charge in [-0.2, -0.15) is 5.10 Å². The van der Waals surface area contributed by atoms with E-state index in [-0.39, 0.29) is 5.91 Å². The molecule has 2 aromatic carbocycles. The van der Waals surface area contributed by atoms with Crippen LogP contribution in [0.25, 0.3) is 0 Å². The van der Waals surface area contributed by atoms with Gasteiger partial charge in [0.15, 0.2) is 5.17 Å². The average Bonchev–Trinajstić information content (AvgIpc) is 2.62. The van der Waals surface area contributed by atoms with Crippen LogP contribution in [0, 0.1) is 6.92 Å². The molecular formula is C18H17N3OS2. The Morgan fingerprint density at radius 3 is 2.54 bits per heavy atom. The Kier molecular flexibility index (Phi) is 5.72. The lowest BCUT2D eigenvalue weighted by Gasteiger charge is -2.13. The number of thioether (sulfide) groups is 2. The maximum absolute atomic E-state index is 12.0. The van der Waals surface area contributed by atoms with Crippen molar-refractivity contribution in [3.8, 4) is 0 Å². The third kappa shape index (κ3) is 4.72. The number of nitrogens with zero attached hydrogens (tertiary/aromatic N) is 2. The van der Waals surface area contributed by atoms with E-state index in [2.05, 4.69) is 34.6 Å². The topological polar surface area (TPSA) is 53.8 Å². The van der Waals surface area contributed by atoms with Crippen molar-refractivity contribution in [1.29, 1.82) is 0 Å². The minimum absolute atomic E-state index is 0.0657. The second-order valence-corrected chi connectivity index (χ2v) is 7.27. The molecule has 4 nitrogen and oxygen atoms in total. The van der Waals surface area contributed by atoms with Gasteiger partial charge in [0.25, 0.3) is 0 Å². The molecule has 0 atom stereocenters. The normalized spacial score (nSPS) is 13.9. The average molecular weight is 355 g/mol. The zero-order chi connectivity index (χ0) is 16.8. The first-order chi connectivity index (χ1) is 11.7. The molecule has 3 rings (SSSR count). The number of hydrogen-bond acceptors (Lipinski definition) is 5. The minimum atomic E-state index is -0.0657. The van der Waals surface area contributed by atoms with Crippen molar-refractivity contribution >= 4 is 40.3 Å². The summed E-state index contributed by atoms with van der Waals surface area (Å²) >= 11 is 3.00. The number of amidine groups is 1. The Bertz CT molecular complexity index is 771. The number of carbonyl (C=O) groups is 1. The summed E-state index contributed by atoms with van der Waals surface area (Å²) in [6.45, 7) is 2.06. The largest absolute Gasteiger partial charge is 0.303 e. The quantitative estimate of drug-likeness (QED) is 0.851. The van der Waals surface area contributed by atoms with Crippen LogP contribution in [0.1, 0.15) is 11.1 Å². The van der Waals surface area contributed by atoms with E-state index in [1.807, 2.05) is 42.5 Å². The van der Waals surface area contributed by atoms with E-state index in [0.29, 0.717) is 16.7 Å². The fraction of sp³-hybridized carbons (Fsp3) is 0.167. The van der Waals surface area contributed by atoms with Gasteiger partial charge in [-0.1, -0.05) is 59.8 Å². The van der Waals surface area contributed by atoms with Crippen molar-refractivity contribution in [2.24, 2.45) is 10.2 Å². The lowest BCUT2D eigenvalue weighted by Crippen LogP contribution is -2.31. The van der Waals surface area contributed by atoms with Crippen molar-refractivity contribution in [2.75, 3.05) is 11.5 Å². The van der Waals surface area contributed by atoms with Crippen LogP contribution in [0.4, 0.5) is 0 Å².